The molecule has 146 valence electrons. The molecule has 1 amide bonds. The van der Waals surface area contributed by atoms with Crippen LogP contribution in [0.5, 0.6) is 0 Å². The van der Waals surface area contributed by atoms with Crippen molar-refractivity contribution in [3.8, 4) is 11.8 Å². The van der Waals surface area contributed by atoms with Gasteiger partial charge in [-0.25, -0.2) is 0 Å². The summed E-state index contributed by atoms with van der Waals surface area (Å²) in [6, 6.07) is 16.5. The summed E-state index contributed by atoms with van der Waals surface area (Å²) in [6.07, 6.45) is 1.70. The average Bonchev–Trinajstić information content (AvgIpc) is 2.68. The van der Waals surface area contributed by atoms with Crippen LogP contribution in [0.25, 0.3) is 5.69 Å². The van der Waals surface area contributed by atoms with E-state index in [4.69, 9.17) is 5.73 Å². The number of para-hydroxylation sites is 1. The lowest BCUT2D eigenvalue weighted by molar-refractivity contribution is 0.102. The Hall–Kier alpha value is -3.50. The van der Waals surface area contributed by atoms with E-state index in [-0.39, 0.29) is 21.8 Å². The molecule has 0 saturated carbocycles. The van der Waals surface area contributed by atoms with Gasteiger partial charge in [-0.3, -0.25) is 14.2 Å². The Bertz CT molecular complexity index is 1210. The molecule has 7 heteroatoms. The molecule has 3 aromatic rings. The van der Waals surface area contributed by atoms with E-state index in [1.165, 1.54) is 4.57 Å². The molecule has 0 aliphatic carbocycles. The van der Waals surface area contributed by atoms with Crippen LogP contribution in [0, 0.1) is 25.2 Å². The number of thioether (sulfide) groups is 1. The van der Waals surface area contributed by atoms with Crippen LogP contribution in [0.1, 0.15) is 27.0 Å². The van der Waals surface area contributed by atoms with Gasteiger partial charge >= 0.3 is 0 Å². The number of benzene rings is 2. The summed E-state index contributed by atoms with van der Waals surface area (Å²) >= 11 is 1.15. The van der Waals surface area contributed by atoms with E-state index in [9.17, 15) is 14.9 Å². The average molecular weight is 404 g/mol. The Morgan fingerprint density at radius 3 is 2.52 bits per heavy atom. The monoisotopic (exact) mass is 404 g/mol. The molecule has 1 aromatic heterocycles. The number of hydrogen-bond donors (Lipinski definition) is 2. The number of nitrogens with one attached hydrogen (secondary N) is 1. The number of nitrogens with two attached hydrogens (primary N) is 1. The van der Waals surface area contributed by atoms with Crippen molar-refractivity contribution in [2.24, 2.45) is 0 Å². The summed E-state index contributed by atoms with van der Waals surface area (Å²) < 4.78 is 1.23. The molecule has 29 heavy (non-hydrogen) atoms. The van der Waals surface area contributed by atoms with E-state index in [1.807, 2.05) is 50.2 Å². The Kier molecular flexibility index (Phi) is 5.76. The minimum atomic E-state index is -0.546. The van der Waals surface area contributed by atoms with Crippen LogP contribution in [-0.2, 0) is 0 Å². The first kappa shape index (κ1) is 20.2. The minimum absolute atomic E-state index is 0.00203. The number of anilines is 2. The van der Waals surface area contributed by atoms with Crippen molar-refractivity contribution in [2.45, 2.75) is 18.7 Å². The number of aromatic nitrogens is 1. The highest BCUT2D eigenvalue weighted by molar-refractivity contribution is 7.98. The lowest BCUT2D eigenvalue weighted by Gasteiger charge is -2.19. The van der Waals surface area contributed by atoms with Crippen molar-refractivity contribution < 1.29 is 4.79 Å². The molecule has 0 saturated heterocycles. The van der Waals surface area contributed by atoms with Gasteiger partial charge in [-0.2, -0.15) is 5.26 Å². The summed E-state index contributed by atoms with van der Waals surface area (Å²) in [5.41, 5.74) is 8.73. The van der Waals surface area contributed by atoms with Crippen molar-refractivity contribution >= 4 is 29.2 Å². The number of nitrogen functional groups attached to an aromatic ring is 1. The summed E-state index contributed by atoms with van der Waals surface area (Å²) in [7, 11) is 0. The maximum Gasteiger partial charge on any atom is 0.275 e. The third-order valence-corrected chi connectivity index (χ3v) is 5.36. The van der Waals surface area contributed by atoms with Crippen molar-refractivity contribution in [1.29, 1.82) is 5.26 Å². The molecule has 0 bridgehead atoms. The number of nitriles is 1. The van der Waals surface area contributed by atoms with E-state index < -0.39 is 11.5 Å². The number of carbonyl (C=O) groups is 1. The third kappa shape index (κ3) is 3.75. The van der Waals surface area contributed by atoms with Gasteiger partial charge in [0.2, 0.25) is 0 Å². The standard InChI is InChI=1S/C22H20N4O2S/c1-13-7-6-9-15(11-13)25-21(27)18-19(29-3)16(12-23)22(28)26(20(18)24)17-10-5-4-8-14(17)2/h4-11H,24H2,1-3H3,(H,25,27). The second-order valence-corrected chi connectivity index (χ2v) is 7.35. The van der Waals surface area contributed by atoms with Crippen molar-refractivity contribution in [3.63, 3.8) is 0 Å². The molecule has 0 aliphatic heterocycles. The van der Waals surface area contributed by atoms with Crippen LogP contribution >= 0.6 is 11.8 Å². The van der Waals surface area contributed by atoms with Crippen LogP contribution < -0.4 is 16.6 Å². The first-order valence-electron chi connectivity index (χ1n) is 8.85. The van der Waals surface area contributed by atoms with E-state index in [2.05, 4.69) is 5.32 Å². The highest BCUT2D eigenvalue weighted by Crippen LogP contribution is 2.30. The number of rotatable bonds is 4. The summed E-state index contributed by atoms with van der Waals surface area (Å²) in [5, 5.41) is 12.5. The van der Waals surface area contributed by atoms with Crippen molar-refractivity contribution in [3.05, 3.63) is 81.1 Å². The fraction of sp³-hybridized carbons (Fsp3) is 0.136. The number of aryl methyl sites for hydroxylation is 2. The van der Waals surface area contributed by atoms with Crippen LogP contribution in [0.4, 0.5) is 11.5 Å². The highest BCUT2D eigenvalue weighted by atomic mass is 32.2. The Labute approximate surface area is 173 Å². The van der Waals surface area contributed by atoms with Crippen molar-refractivity contribution in [2.75, 3.05) is 17.3 Å². The molecule has 1 heterocycles. The van der Waals surface area contributed by atoms with Crippen LogP contribution in [0.3, 0.4) is 0 Å². The Morgan fingerprint density at radius 2 is 1.90 bits per heavy atom. The molecule has 0 atom stereocenters. The number of hydrogen-bond acceptors (Lipinski definition) is 5. The smallest absolute Gasteiger partial charge is 0.275 e. The van der Waals surface area contributed by atoms with Gasteiger partial charge in [0.1, 0.15) is 17.5 Å². The fourth-order valence-electron chi connectivity index (χ4n) is 3.16. The minimum Gasteiger partial charge on any atom is -0.384 e. The molecule has 0 radical (unpaired) electrons. The van der Waals surface area contributed by atoms with Gasteiger partial charge < -0.3 is 11.1 Å². The van der Waals surface area contributed by atoms with Gasteiger partial charge in [0.25, 0.3) is 11.5 Å². The first-order valence-corrected chi connectivity index (χ1v) is 10.1. The molecule has 0 fully saturated rings. The predicted molar refractivity (Wildman–Crippen MR) is 117 cm³/mol. The lowest BCUT2D eigenvalue weighted by Crippen LogP contribution is -2.29. The molecule has 0 unspecified atom stereocenters. The number of pyridine rings is 1. The normalized spacial score (nSPS) is 10.4. The molecule has 2 aromatic carbocycles. The molecule has 0 aliphatic rings. The summed E-state index contributed by atoms with van der Waals surface area (Å²) in [5.74, 6) is -0.478. The lowest BCUT2D eigenvalue weighted by atomic mass is 10.1. The highest BCUT2D eigenvalue weighted by Gasteiger charge is 2.26. The molecule has 3 rings (SSSR count). The Morgan fingerprint density at radius 1 is 1.17 bits per heavy atom. The molecule has 6 nitrogen and oxygen atoms in total. The van der Waals surface area contributed by atoms with E-state index in [1.54, 1.807) is 24.5 Å². The number of carbonyl (C=O) groups excluding carboxylic acids is 1. The first-order chi connectivity index (χ1) is 13.9. The van der Waals surface area contributed by atoms with E-state index in [0.29, 0.717) is 11.4 Å². The van der Waals surface area contributed by atoms with Gasteiger partial charge in [0.05, 0.1) is 11.3 Å². The number of nitrogens with zero attached hydrogens (tertiary/aromatic N) is 2. The second kappa shape index (κ2) is 8.25. The maximum atomic E-state index is 13.1. The van der Waals surface area contributed by atoms with Crippen LogP contribution in [0.15, 0.2) is 58.2 Å². The topological polar surface area (TPSA) is 101 Å². The SMILES string of the molecule is CSc1c(C(=O)Nc2cccc(C)c2)c(N)n(-c2ccccc2C)c(=O)c1C#N. The van der Waals surface area contributed by atoms with E-state index in [0.717, 1.165) is 22.9 Å². The molecular formula is C22H20N4O2S. The zero-order valence-electron chi connectivity index (χ0n) is 16.3. The molecular weight excluding hydrogens is 384 g/mol. The largest absolute Gasteiger partial charge is 0.384 e. The summed E-state index contributed by atoms with van der Waals surface area (Å²) in [6.45, 7) is 3.76. The quantitative estimate of drug-likeness (QED) is 0.643. The maximum absolute atomic E-state index is 13.1. The van der Waals surface area contributed by atoms with Gasteiger partial charge in [-0.05, 0) is 49.4 Å². The number of amides is 1. The van der Waals surface area contributed by atoms with Gasteiger partial charge in [-0.1, -0.05) is 30.3 Å². The van der Waals surface area contributed by atoms with Gasteiger partial charge in [-0.15, -0.1) is 11.8 Å². The van der Waals surface area contributed by atoms with E-state index >= 15 is 0 Å². The zero-order chi connectivity index (χ0) is 21.1. The van der Waals surface area contributed by atoms with Gasteiger partial charge in [0, 0.05) is 10.6 Å². The Balaban J connectivity index is 2.27. The summed E-state index contributed by atoms with van der Waals surface area (Å²) in [4.78, 5) is 26.5. The van der Waals surface area contributed by atoms with Crippen LogP contribution in [-0.4, -0.2) is 16.7 Å². The second-order valence-electron chi connectivity index (χ2n) is 6.53. The molecule has 0 spiro atoms. The fourth-order valence-corrected chi connectivity index (χ4v) is 3.90. The van der Waals surface area contributed by atoms with Crippen LogP contribution in [0.2, 0.25) is 0 Å². The van der Waals surface area contributed by atoms with Gasteiger partial charge in [0.15, 0.2) is 0 Å². The predicted octanol–water partition coefficient (Wildman–Crippen LogP) is 3.88. The van der Waals surface area contributed by atoms with Crippen molar-refractivity contribution in [1.82, 2.24) is 4.57 Å². The zero-order valence-corrected chi connectivity index (χ0v) is 17.1. The third-order valence-electron chi connectivity index (χ3n) is 4.54. The molecule has 3 N–H and O–H groups in total.